The molecule has 3 aromatic rings. The predicted octanol–water partition coefficient (Wildman–Crippen LogP) is 3.58. The standard InChI is InChI=1S/C27H34N8O4/c1-15(2)21-13-39-14-24-30-31-25(35(21)24)19-8-7-9-22(28-19)34-11-18-17(26(34)36)10-23(33(6)16(3)4)29-20(18)12-32(5)27(37)38/h7-10,15-16,21H,11-14H2,1-6H3,(H,37,38)/t21-/m1/s1. The summed E-state index contributed by atoms with van der Waals surface area (Å²) < 4.78 is 7.82. The van der Waals surface area contributed by atoms with Crippen molar-refractivity contribution in [2.75, 3.05) is 30.5 Å². The molecule has 2 aliphatic heterocycles. The SMILES string of the molecule is CC(C)[C@H]1COCc2nnc(-c3cccc(N4Cc5c(cc(N(C)C(C)C)nc5CN(C)C(=O)O)C4=O)n3)n21. The number of nitrogens with zero attached hydrogens (tertiary/aromatic N) is 8. The van der Waals surface area contributed by atoms with Crippen LogP contribution < -0.4 is 9.80 Å². The van der Waals surface area contributed by atoms with Crippen molar-refractivity contribution in [2.24, 2.45) is 5.92 Å². The van der Waals surface area contributed by atoms with Crippen molar-refractivity contribution >= 4 is 23.6 Å². The van der Waals surface area contributed by atoms with Gasteiger partial charge in [0.15, 0.2) is 11.6 Å². The lowest BCUT2D eigenvalue weighted by Crippen LogP contribution is -2.29. The Kier molecular flexibility index (Phi) is 6.98. The Morgan fingerprint density at radius 1 is 1.18 bits per heavy atom. The number of pyridine rings is 2. The van der Waals surface area contributed by atoms with Crippen LogP contribution in [0.15, 0.2) is 24.3 Å². The van der Waals surface area contributed by atoms with Crippen LogP contribution in [-0.2, 0) is 24.4 Å². The Balaban J connectivity index is 1.53. The van der Waals surface area contributed by atoms with Gasteiger partial charge in [0.25, 0.3) is 5.91 Å². The number of ether oxygens (including phenoxy) is 1. The zero-order chi connectivity index (χ0) is 28.0. The average Bonchev–Trinajstić information content (AvgIpc) is 3.49. The number of carbonyl (C=O) groups excluding carboxylic acids is 1. The molecule has 2 aliphatic rings. The van der Waals surface area contributed by atoms with E-state index in [9.17, 15) is 14.7 Å². The number of hydrogen-bond acceptors (Lipinski definition) is 8. The molecule has 0 saturated carbocycles. The van der Waals surface area contributed by atoms with Gasteiger partial charge in [-0.15, -0.1) is 10.2 Å². The number of anilines is 2. The van der Waals surface area contributed by atoms with Gasteiger partial charge in [0.2, 0.25) is 0 Å². The van der Waals surface area contributed by atoms with E-state index in [1.165, 1.54) is 7.05 Å². The van der Waals surface area contributed by atoms with E-state index in [0.29, 0.717) is 59.1 Å². The minimum Gasteiger partial charge on any atom is -0.465 e. The van der Waals surface area contributed by atoms with Gasteiger partial charge in [0.05, 0.1) is 37.0 Å². The zero-order valence-corrected chi connectivity index (χ0v) is 23.1. The number of rotatable bonds is 7. The van der Waals surface area contributed by atoms with Crippen LogP contribution in [0.5, 0.6) is 0 Å². The Hall–Kier alpha value is -4.06. The number of carbonyl (C=O) groups is 2. The molecule has 0 spiro atoms. The molecule has 0 radical (unpaired) electrons. The Morgan fingerprint density at radius 3 is 2.64 bits per heavy atom. The highest BCUT2D eigenvalue weighted by molar-refractivity contribution is 6.10. The predicted molar refractivity (Wildman–Crippen MR) is 145 cm³/mol. The summed E-state index contributed by atoms with van der Waals surface area (Å²) >= 11 is 0. The van der Waals surface area contributed by atoms with Crippen LogP contribution >= 0.6 is 0 Å². The first kappa shape index (κ1) is 26.5. The highest BCUT2D eigenvalue weighted by Crippen LogP contribution is 2.34. The van der Waals surface area contributed by atoms with Crippen molar-refractivity contribution < 1.29 is 19.4 Å². The maximum Gasteiger partial charge on any atom is 0.407 e. The van der Waals surface area contributed by atoms with Gasteiger partial charge in [-0.3, -0.25) is 9.69 Å². The van der Waals surface area contributed by atoms with Gasteiger partial charge in [0, 0.05) is 25.7 Å². The third kappa shape index (κ3) is 4.80. The number of aromatic nitrogens is 5. The fourth-order valence-electron chi connectivity index (χ4n) is 4.89. The smallest absolute Gasteiger partial charge is 0.407 e. The van der Waals surface area contributed by atoms with Crippen molar-refractivity contribution in [1.29, 1.82) is 0 Å². The molecule has 5 rings (SSSR count). The fourth-order valence-corrected chi connectivity index (χ4v) is 4.89. The Bertz CT molecular complexity index is 1420. The number of hydrogen-bond donors (Lipinski definition) is 1. The first-order valence-electron chi connectivity index (χ1n) is 13.1. The van der Waals surface area contributed by atoms with E-state index in [0.717, 1.165) is 10.7 Å². The molecular formula is C27H34N8O4. The minimum absolute atomic E-state index is 0.0660. The molecule has 3 aromatic heterocycles. The largest absolute Gasteiger partial charge is 0.465 e. The number of fused-ring (bicyclic) bond motifs is 2. The summed E-state index contributed by atoms with van der Waals surface area (Å²) in [5, 5.41) is 18.2. The molecule has 0 fully saturated rings. The average molecular weight is 535 g/mol. The molecule has 0 saturated heterocycles. The molecule has 0 unspecified atom stereocenters. The molecule has 39 heavy (non-hydrogen) atoms. The lowest BCUT2D eigenvalue weighted by atomic mass is 10.0. The highest BCUT2D eigenvalue weighted by atomic mass is 16.5. The minimum atomic E-state index is -1.06. The van der Waals surface area contributed by atoms with Crippen molar-refractivity contribution in [3.8, 4) is 11.5 Å². The van der Waals surface area contributed by atoms with E-state index >= 15 is 0 Å². The van der Waals surface area contributed by atoms with Crippen LogP contribution in [0.25, 0.3) is 11.5 Å². The summed E-state index contributed by atoms with van der Waals surface area (Å²) in [6, 6.07) is 7.52. The molecule has 12 nitrogen and oxygen atoms in total. The quantitative estimate of drug-likeness (QED) is 0.483. The topological polar surface area (TPSA) is 130 Å². The van der Waals surface area contributed by atoms with Gasteiger partial charge >= 0.3 is 6.09 Å². The third-order valence-electron chi connectivity index (χ3n) is 7.47. The van der Waals surface area contributed by atoms with E-state index < -0.39 is 6.09 Å². The summed E-state index contributed by atoms with van der Waals surface area (Å²) in [7, 11) is 3.39. The van der Waals surface area contributed by atoms with Crippen LogP contribution in [0.1, 0.15) is 61.2 Å². The second-order valence-corrected chi connectivity index (χ2v) is 10.7. The van der Waals surface area contributed by atoms with Gasteiger partial charge in [-0.25, -0.2) is 14.8 Å². The lowest BCUT2D eigenvalue weighted by molar-refractivity contribution is 0.0404. The summed E-state index contributed by atoms with van der Waals surface area (Å²) in [6.45, 7) is 9.60. The van der Waals surface area contributed by atoms with Crippen LogP contribution in [-0.4, -0.2) is 73.5 Å². The Morgan fingerprint density at radius 2 is 1.95 bits per heavy atom. The Labute approximate surface area is 227 Å². The zero-order valence-electron chi connectivity index (χ0n) is 23.1. The van der Waals surface area contributed by atoms with Crippen molar-refractivity contribution in [2.45, 2.75) is 59.5 Å². The molecule has 206 valence electrons. The second-order valence-electron chi connectivity index (χ2n) is 10.7. The van der Waals surface area contributed by atoms with Gasteiger partial charge in [-0.2, -0.15) is 0 Å². The van der Waals surface area contributed by atoms with Crippen molar-refractivity contribution in [3.63, 3.8) is 0 Å². The number of carboxylic acid groups (broad SMARTS) is 1. The van der Waals surface area contributed by atoms with Gasteiger partial charge in [-0.1, -0.05) is 19.9 Å². The van der Waals surface area contributed by atoms with Crippen LogP contribution in [0.4, 0.5) is 16.4 Å². The van der Waals surface area contributed by atoms with E-state index in [-0.39, 0.29) is 31.1 Å². The summed E-state index contributed by atoms with van der Waals surface area (Å²) in [6.07, 6.45) is -1.06. The highest BCUT2D eigenvalue weighted by Gasteiger charge is 2.35. The van der Waals surface area contributed by atoms with Crippen molar-refractivity contribution in [1.82, 2.24) is 29.6 Å². The maximum absolute atomic E-state index is 13.7. The first-order chi connectivity index (χ1) is 18.6. The fraction of sp³-hybridized carbons (Fsp3) is 0.481. The van der Waals surface area contributed by atoms with E-state index in [4.69, 9.17) is 14.7 Å². The van der Waals surface area contributed by atoms with E-state index in [1.807, 2.05) is 37.9 Å². The molecular weight excluding hydrogens is 500 g/mol. The second kappa shape index (κ2) is 10.3. The van der Waals surface area contributed by atoms with Crippen LogP contribution in [0.2, 0.25) is 0 Å². The lowest BCUT2D eigenvalue weighted by Gasteiger charge is -2.29. The first-order valence-corrected chi connectivity index (χ1v) is 13.1. The number of amides is 2. The molecule has 0 aromatic carbocycles. The van der Waals surface area contributed by atoms with Crippen LogP contribution in [0, 0.1) is 5.92 Å². The summed E-state index contributed by atoms with van der Waals surface area (Å²) in [5.74, 6) is 2.61. The van der Waals surface area contributed by atoms with Crippen LogP contribution in [0.3, 0.4) is 0 Å². The van der Waals surface area contributed by atoms with Gasteiger partial charge < -0.3 is 24.2 Å². The maximum atomic E-state index is 13.7. The summed E-state index contributed by atoms with van der Waals surface area (Å²) in [4.78, 5) is 39.7. The molecule has 0 aliphatic carbocycles. The van der Waals surface area contributed by atoms with Gasteiger partial charge in [-0.05, 0) is 38.0 Å². The third-order valence-corrected chi connectivity index (χ3v) is 7.47. The molecule has 12 heteroatoms. The molecule has 1 atom stereocenters. The molecule has 5 heterocycles. The van der Waals surface area contributed by atoms with Crippen molar-refractivity contribution in [3.05, 3.63) is 46.9 Å². The monoisotopic (exact) mass is 534 g/mol. The molecule has 2 amide bonds. The van der Waals surface area contributed by atoms with E-state index in [1.54, 1.807) is 17.0 Å². The van der Waals surface area contributed by atoms with E-state index in [2.05, 4.69) is 28.6 Å². The molecule has 1 N–H and O–H groups in total. The molecule has 0 bridgehead atoms. The summed E-state index contributed by atoms with van der Waals surface area (Å²) in [5.41, 5.74) is 2.38. The normalized spacial score (nSPS) is 16.6. The van der Waals surface area contributed by atoms with Gasteiger partial charge in [0.1, 0.15) is 23.9 Å².